The standard InChI is InChI=1S/C12H9ClF2N2O/c1-7-8(13)5-17(16-7)6-11(18)12-9(14)3-2-4-10(12)15/h2-5H,6H2,1H3. The molecular formula is C12H9ClF2N2O. The van der Waals surface area contributed by atoms with E-state index < -0.39 is 23.0 Å². The molecule has 0 N–H and O–H groups in total. The minimum atomic E-state index is -0.880. The molecule has 1 aromatic carbocycles. The Morgan fingerprint density at radius 1 is 1.39 bits per heavy atom. The number of aryl methyl sites for hydroxylation is 1. The summed E-state index contributed by atoms with van der Waals surface area (Å²) in [6.45, 7) is 1.42. The fraction of sp³-hybridized carbons (Fsp3) is 0.167. The smallest absolute Gasteiger partial charge is 0.190 e. The molecule has 0 unspecified atom stereocenters. The molecule has 0 saturated carbocycles. The van der Waals surface area contributed by atoms with Crippen molar-refractivity contribution in [3.05, 3.63) is 52.3 Å². The Bertz CT molecular complexity index is 570. The molecular weight excluding hydrogens is 262 g/mol. The second-order valence-corrected chi connectivity index (χ2v) is 4.19. The number of Topliss-reactive ketones (excluding diaryl/α,β-unsaturated/α-hetero) is 1. The first-order valence-electron chi connectivity index (χ1n) is 5.16. The highest BCUT2D eigenvalue weighted by Crippen LogP contribution is 2.15. The van der Waals surface area contributed by atoms with Gasteiger partial charge >= 0.3 is 0 Å². The van der Waals surface area contributed by atoms with Gasteiger partial charge in [-0.05, 0) is 19.1 Å². The molecule has 3 nitrogen and oxygen atoms in total. The van der Waals surface area contributed by atoms with Crippen molar-refractivity contribution in [3.63, 3.8) is 0 Å². The molecule has 0 aliphatic carbocycles. The van der Waals surface area contributed by atoms with E-state index in [0.717, 1.165) is 12.1 Å². The molecule has 0 amide bonds. The predicted molar refractivity (Wildman–Crippen MR) is 62.7 cm³/mol. The lowest BCUT2D eigenvalue weighted by Crippen LogP contribution is -2.14. The van der Waals surface area contributed by atoms with Crippen LogP contribution in [-0.2, 0) is 6.54 Å². The van der Waals surface area contributed by atoms with Crippen molar-refractivity contribution in [1.82, 2.24) is 9.78 Å². The molecule has 6 heteroatoms. The Morgan fingerprint density at radius 3 is 2.50 bits per heavy atom. The molecule has 18 heavy (non-hydrogen) atoms. The number of carbonyl (C=O) groups excluding carboxylic acids is 1. The van der Waals surface area contributed by atoms with Crippen LogP contribution >= 0.6 is 11.6 Å². The molecule has 2 rings (SSSR count). The minimum absolute atomic E-state index is 0.259. The summed E-state index contributed by atoms with van der Waals surface area (Å²) < 4.78 is 28.0. The topological polar surface area (TPSA) is 34.9 Å². The minimum Gasteiger partial charge on any atom is -0.292 e. The quantitative estimate of drug-likeness (QED) is 0.804. The molecule has 0 spiro atoms. The Morgan fingerprint density at radius 2 is 2.00 bits per heavy atom. The molecule has 0 saturated heterocycles. The summed E-state index contributed by atoms with van der Waals surface area (Å²) in [6.07, 6.45) is 1.44. The second-order valence-electron chi connectivity index (χ2n) is 3.78. The Hall–Kier alpha value is -1.75. The second kappa shape index (κ2) is 4.86. The first kappa shape index (κ1) is 12.7. The van der Waals surface area contributed by atoms with Crippen LogP contribution in [0.4, 0.5) is 8.78 Å². The largest absolute Gasteiger partial charge is 0.292 e. The summed E-state index contributed by atoms with van der Waals surface area (Å²) in [6, 6.07) is 3.28. The number of halogens is 3. The molecule has 0 radical (unpaired) electrons. The Kier molecular flexibility index (Phi) is 3.43. The van der Waals surface area contributed by atoms with Crippen LogP contribution in [-0.4, -0.2) is 15.6 Å². The van der Waals surface area contributed by atoms with Gasteiger partial charge in [-0.2, -0.15) is 5.10 Å². The average molecular weight is 271 g/mol. The highest BCUT2D eigenvalue weighted by atomic mass is 35.5. The van der Waals surface area contributed by atoms with Crippen molar-refractivity contribution in [3.8, 4) is 0 Å². The normalized spacial score (nSPS) is 10.7. The van der Waals surface area contributed by atoms with Gasteiger partial charge in [-0.1, -0.05) is 17.7 Å². The number of hydrogen-bond donors (Lipinski definition) is 0. The van der Waals surface area contributed by atoms with Crippen molar-refractivity contribution in [1.29, 1.82) is 0 Å². The van der Waals surface area contributed by atoms with E-state index >= 15 is 0 Å². The zero-order valence-corrected chi connectivity index (χ0v) is 10.2. The number of benzene rings is 1. The Balaban J connectivity index is 2.27. The monoisotopic (exact) mass is 270 g/mol. The summed E-state index contributed by atoms with van der Waals surface area (Å²) in [5, 5.41) is 4.35. The molecule has 1 heterocycles. The van der Waals surface area contributed by atoms with Crippen LogP contribution in [0.3, 0.4) is 0 Å². The summed E-state index contributed by atoms with van der Waals surface area (Å²) in [7, 11) is 0. The third-order valence-electron chi connectivity index (χ3n) is 2.43. The van der Waals surface area contributed by atoms with Gasteiger partial charge in [-0.3, -0.25) is 9.48 Å². The third-order valence-corrected chi connectivity index (χ3v) is 2.80. The van der Waals surface area contributed by atoms with E-state index in [9.17, 15) is 13.6 Å². The number of hydrogen-bond acceptors (Lipinski definition) is 2. The summed E-state index contributed by atoms with van der Waals surface area (Å²) in [5.41, 5.74) is 0.000229. The maximum absolute atomic E-state index is 13.4. The predicted octanol–water partition coefficient (Wildman–Crippen LogP) is 3.01. The van der Waals surface area contributed by atoms with Gasteiger partial charge in [-0.25, -0.2) is 8.78 Å². The maximum atomic E-state index is 13.4. The lowest BCUT2D eigenvalue weighted by atomic mass is 10.1. The van der Waals surface area contributed by atoms with Gasteiger partial charge in [0.2, 0.25) is 0 Å². The highest BCUT2D eigenvalue weighted by Gasteiger charge is 2.18. The van der Waals surface area contributed by atoms with E-state index in [4.69, 9.17) is 11.6 Å². The van der Waals surface area contributed by atoms with Gasteiger partial charge in [0.15, 0.2) is 5.78 Å². The van der Waals surface area contributed by atoms with Crippen molar-refractivity contribution >= 4 is 17.4 Å². The lowest BCUT2D eigenvalue weighted by Gasteiger charge is -2.04. The van der Waals surface area contributed by atoms with Crippen LogP contribution in [0.2, 0.25) is 5.02 Å². The van der Waals surface area contributed by atoms with Crippen molar-refractivity contribution in [2.24, 2.45) is 0 Å². The van der Waals surface area contributed by atoms with Gasteiger partial charge in [-0.15, -0.1) is 0 Å². The number of nitrogens with zero attached hydrogens (tertiary/aromatic N) is 2. The summed E-state index contributed by atoms with van der Waals surface area (Å²) in [4.78, 5) is 11.8. The zero-order chi connectivity index (χ0) is 13.3. The van der Waals surface area contributed by atoms with Crippen molar-refractivity contribution in [2.75, 3.05) is 0 Å². The molecule has 2 aromatic rings. The summed E-state index contributed by atoms with van der Waals surface area (Å²) in [5.74, 6) is -2.45. The van der Waals surface area contributed by atoms with E-state index in [0.29, 0.717) is 10.7 Å². The third kappa shape index (κ3) is 2.41. The number of aromatic nitrogens is 2. The van der Waals surface area contributed by atoms with Gasteiger partial charge in [0, 0.05) is 6.20 Å². The average Bonchev–Trinajstić information content (AvgIpc) is 2.57. The molecule has 0 aliphatic rings. The van der Waals surface area contributed by atoms with Crippen LogP contribution in [0.25, 0.3) is 0 Å². The van der Waals surface area contributed by atoms with E-state index in [2.05, 4.69) is 5.10 Å². The van der Waals surface area contributed by atoms with Crippen LogP contribution in [0.1, 0.15) is 16.1 Å². The van der Waals surface area contributed by atoms with E-state index in [-0.39, 0.29) is 6.54 Å². The highest BCUT2D eigenvalue weighted by molar-refractivity contribution is 6.31. The van der Waals surface area contributed by atoms with Crippen LogP contribution in [0.15, 0.2) is 24.4 Å². The van der Waals surface area contributed by atoms with Crippen LogP contribution in [0, 0.1) is 18.6 Å². The number of rotatable bonds is 3. The van der Waals surface area contributed by atoms with Crippen LogP contribution < -0.4 is 0 Å². The Labute approximate surface area is 107 Å². The van der Waals surface area contributed by atoms with E-state index in [1.807, 2.05) is 0 Å². The molecule has 1 aromatic heterocycles. The SMILES string of the molecule is Cc1nn(CC(=O)c2c(F)cccc2F)cc1Cl. The van der Waals surface area contributed by atoms with E-state index in [1.54, 1.807) is 6.92 Å². The lowest BCUT2D eigenvalue weighted by molar-refractivity contribution is 0.0959. The van der Waals surface area contributed by atoms with E-state index in [1.165, 1.54) is 16.9 Å². The molecule has 0 aliphatic heterocycles. The fourth-order valence-electron chi connectivity index (χ4n) is 1.56. The first-order valence-corrected chi connectivity index (χ1v) is 5.53. The first-order chi connectivity index (χ1) is 8.49. The molecule has 94 valence electrons. The molecule has 0 fully saturated rings. The van der Waals surface area contributed by atoms with Crippen LogP contribution in [0.5, 0.6) is 0 Å². The van der Waals surface area contributed by atoms with Gasteiger partial charge < -0.3 is 0 Å². The molecule has 0 bridgehead atoms. The zero-order valence-electron chi connectivity index (χ0n) is 9.45. The van der Waals surface area contributed by atoms with Crippen molar-refractivity contribution < 1.29 is 13.6 Å². The van der Waals surface area contributed by atoms with Gasteiger partial charge in [0.25, 0.3) is 0 Å². The van der Waals surface area contributed by atoms with Gasteiger partial charge in [0.05, 0.1) is 16.3 Å². The number of ketones is 1. The number of carbonyl (C=O) groups is 1. The maximum Gasteiger partial charge on any atom is 0.190 e. The summed E-state index contributed by atoms with van der Waals surface area (Å²) >= 11 is 5.78. The molecule has 0 atom stereocenters. The van der Waals surface area contributed by atoms with Gasteiger partial charge in [0.1, 0.15) is 18.2 Å². The fourth-order valence-corrected chi connectivity index (χ4v) is 1.72. The van der Waals surface area contributed by atoms with Crippen molar-refractivity contribution in [2.45, 2.75) is 13.5 Å².